The number of amides is 2. The van der Waals surface area contributed by atoms with Gasteiger partial charge in [-0.2, -0.15) is 0 Å². The first-order chi connectivity index (χ1) is 15.6. The number of para-hydroxylation sites is 1. The first kappa shape index (κ1) is 20.6. The first-order valence-corrected chi connectivity index (χ1v) is 10.5. The summed E-state index contributed by atoms with van der Waals surface area (Å²) in [5.41, 5.74) is 7.52. The Morgan fingerprint density at radius 2 is 1.84 bits per heavy atom. The molecule has 5 rings (SSSR count). The molecule has 1 fully saturated rings. The van der Waals surface area contributed by atoms with E-state index in [9.17, 15) is 9.59 Å². The van der Waals surface area contributed by atoms with Crippen LogP contribution in [0, 0.1) is 5.92 Å². The van der Waals surface area contributed by atoms with E-state index in [1.807, 2.05) is 30.3 Å². The summed E-state index contributed by atoms with van der Waals surface area (Å²) in [6.07, 6.45) is 0.714. The second kappa shape index (κ2) is 8.66. The van der Waals surface area contributed by atoms with E-state index < -0.39 is 17.9 Å². The molecule has 0 radical (unpaired) electrons. The monoisotopic (exact) mass is 433 g/mol. The van der Waals surface area contributed by atoms with Crippen molar-refractivity contribution in [2.45, 2.75) is 25.7 Å². The lowest BCUT2D eigenvalue weighted by molar-refractivity contribution is -0.133. The summed E-state index contributed by atoms with van der Waals surface area (Å²) in [6.45, 7) is 1.48. The third-order valence-electron chi connectivity index (χ3n) is 6.12. The summed E-state index contributed by atoms with van der Waals surface area (Å²) in [6, 6.07) is 15.1. The van der Waals surface area contributed by atoms with E-state index in [0.717, 1.165) is 27.7 Å². The molecule has 32 heavy (non-hydrogen) atoms. The molecule has 0 saturated carbocycles. The van der Waals surface area contributed by atoms with Gasteiger partial charge in [0, 0.05) is 16.5 Å². The van der Waals surface area contributed by atoms with Gasteiger partial charge in [0.05, 0.1) is 49.6 Å². The number of fused-ring (bicyclic) bond motifs is 2. The minimum Gasteiger partial charge on any atom is -0.378 e. The van der Waals surface area contributed by atoms with Crippen LogP contribution in [0.3, 0.4) is 0 Å². The molecule has 164 valence electrons. The average molecular weight is 433 g/mol. The van der Waals surface area contributed by atoms with Crippen LogP contribution in [0.4, 0.5) is 0 Å². The van der Waals surface area contributed by atoms with E-state index in [1.165, 1.54) is 5.56 Å². The summed E-state index contributed by atoms with van der Waals surface area (Å²) < 4.78 is 10.9. The van der Waals surface area contributed by atoms with Gasteiger partial charge in [0.1, 0.15) is 0 Å². The number of hydrogen-bond acceptors (Lipinski definition) is 6. The normalized spacial score (nSPS) is 19.7. The molecule has 2 atom stereocenters. The number of hydroxylamine groups is 1. The highest BCUT2D eigenvalue weighted by atomic mass is 16.5. The SMILES string of the molecule is O=C(N[C@@H]1COC[C@@H]1C(=O)NO)c1ccc(Cc2c3c(nc4ccccc24)COC3)cc1. The highest BCUT2D eigenvalue weighted by molar-refractivity contribution is 5.95. The number of benzene rings is 2. The van der Waals surface area contributed by atoms with Crippen LogP contribution >= 0.6 is 0 Å². The molecule has 2 amide bonds. The van der Waals surface area contributed by atoms with Crippen LogP contribution < -0.4 is 10.8 Å². The predicted molar refractivity (Wildman–Crippen MR) is 115 cm³/mol. The van der Waals surface area contributed by atoms with Crippen molar-refractivity contribution in [3.05, 3.63) is 76.5 Å². The Morgan fingerprint density at radius 3 is 2.66 bits per heavy atom. The number of nitrogens with one attached hydrogen (secondary N) is 2. The number of nitrogens with zero attached hydrogens (tertiary/aromatic N) is 1. The molecule has 8 nitrogen and oxygen atoms in total. The molecule has 3 heterocycles. The summed E-state index contributed by atoms with van der Waals surface area (Å²) in [4.78, 5) is 29.1. The van der Waals surface area contributed by atoms with E-state index in [0.29, 0.717) is 25.2 Å². The molecule has 0 aliphatic carbocycles. The van der Waals surface area contributed by atoms with E-state index in [2.05, 4.69) is 11.4 Å². The topological polar surface area (TPSA) is 110 Å². The molecule has 1 saturated heterocycles. The van der Waals surface area contributed by atoms with Crippen molar-refractivity contribution in [2.75, 3.05) is 13.2 Å². The number of rotatable bonds is 5. The average Bonchev–Trinajstić information content (AvgIpc) is 3.48. The zero-order valence-corrected chi connectivity index (χ0v) is 17.3. The Kier molecular flexibility index (Phi) is 5.57. The van der Waals surface area contributed by atoms with Crippen molar-refractivity contribution in [1.29, 1.82) is 0 Å². The largest absolute Gasteiger partial charge is 0.378 e. The maximum atomic E-state index is 12.7. The maximum absolute atomic E-state index is 12.7. The maximum Gasteiger partial charge on any atom is 0.251 e. The van der Waals surface area contributed by atoms with Crippen LogP contribution in [-0.4, -0.2) is 41.3 Å². The van der Waals surface area contributed by atoms with Gasteiger partial charge in [-0.1, -0.05) is 30.3 Å². The smallest absolute Gasteiger partial charge is 0.251 e. The minimum atomic E-state index is -0.618. The molecular weight excluding hydrogens is 410 g/mol. The van der Waals surface area contributed by atoms with Gasteiger partial charge in [-0.15, -0.1) is 0 Å². The van der Waals surface area contributed by atoms with Gasteiger partial charge in [0.15, 0.2) is 0 Å². The fourth-order valence-electron chi connectivity index (χ4n) is 4.39. The molecule has 0 bridgehead atoms. The predicted octanol–water partition coefficient (Wildman–Crippen LogP) is 2.11. The lowest BCUT2D eigenvalue weighted by Gasteiger charge is -2.17. The van der Waals surface area contributed by atoms with Gasteiger partial charge >= 0.3 is 0 Å². The highest BCUT2D eigenvalue weighted by Gasteiger charge is 2.35. The summed E-state index contributed by atoms with van der Waals surface area (Å²) in [5, 5.41) is 12.8. The van der Waals surface area contributed by atoms with E-state index in [4.69, 9.17) is 19.7 Å². The van der Waals surface area contributed by atoms with E-state index >= 15 is 0 Å². The van der Waals surface area contributed by atoms with Crippen LogP contribution in [0.25, 0.3) is 10.9 Å². The molecule has 1 aromatic heterocycles. The Morgan fingerprint density at radius 1 is 1.03 bits per heavy atom. The summed E-state index contributed by atoms with van der Waals surface area (Å²) in [5.74, 6) is -1.47. The first-order valence-electron chi connectivity index (χ1n) is 10.5. The molecule has 2 aliphatic heterocycles. The standard InChI is InChI=1S/C24H23N3O5/c28-23(26-22-13-32-11-19(22)24(29)27-30)15-7-5-14(6-8-15)9-17-16-3-1-2-4-20(16)25-21-12-31-10-18(17)21/h1-8,19,22,30H,9-13H2,(H,26,28)(H,27,29)/t19-,22+/m0/s1. The molecular formula is C24H23N3O5. The third kappa shape index (κ3) is 3.84. The summed E-state index contributed by atoms with van der Waals surface area (Å²) in [7, 11) is 0. The van der Waals surface area contributed by atoms with Crippen LogP contribution in [0.2, 0.25) is 0 Å². The van der Waals surface area contributed by atoms with Crippen LogP contribution in [-0.2, 0) is 33.9 Å². The van der Waals surface area contributed by atoms with Crippen LogP contribution in [0.5, 0.6) is 0 Å². The zero-order chi connectivity index (χ0) is 22.1. The number of hydrogen-bond donors (Lipinski definition) is 3. The minimum absolute atomic E-state index is 0.157. The molecule has 0 spiro atoms. The van der Waals surface area contributed by atoms with Gasteiger partial charge in [-0.05, 0) is 35.7 Å². The quantitative estimate of drug-likeness (QED) is 0.420. The number of ether oxygens (including phenoxy) is 2. The molecule has 3 N–H and O–H groups in total. The van der Waals surface area contributed by atoms with Crippen molar-refractivity contribution >= 4 is 22.7 Å². The molecule has 2 aliphatic rings. The number of pyridine rings is 1. The van der Waals surface area contributed by atoms with Crippen molar-refractivity contribution in [2.24, 2.45) is 5.92 Å². The molecule has 0 unspecified atom stereocenters. The van der Waals surface area contributed by atoms with Crippen molar-refractivity contribution in [1.82, 2.24) is 15.8 Å². The Bertz CT molecular complexity index is 1180. The van der Waals surface area contributed by atoms with Crippen molar-refractivity contribution in [3.63, 3.8) is 0 Å². The Hall–Kier alpha value is -3.33. The van der Waals surface area contributed by atoms with Crippen LogP contribution in [0.1, 0.15) is 32.7 Å². The lowest BCUT2D eigenvalue weighted by atomic mass is 9.95. The van der Waals surface area contributed by atoms with Gasteiger partial charge in [0.25, 0.3) is 11.8 Å². The zero-order valence-electron chi connectivity index (χ0n) is 17.3. The lowest BCUT2D eigenvalue weighted by Crippen LogP contribution is -2.45. The van der Waals surface area contributed by atoms with Gasteiger partial charge in [-0.25, -0.2) is 10.5 Å². The number of carbonyl (C=O) groups is 2. The highest BCUT2D eigenvalue weighted by Crippen LogP contribution is 2.30. The van der Waals surface area contributed by atoms with E-state index in [1.54, 1.807) is 17.6 Å². The molecule has 2 aromatic carbocycles. The summed E-state index contributed by atoms with van der Waals surface area (Å²) >= 11 is 0. The van der Waals surface area contributed by atoms with Crippen molar-refractivity contribution in [3.8, 4) is 0 Å². The van der Waals surface area contributed by atoms with Gasteiger partial charge in [-0.3, -0.25) is 14.8 Å². The Balaban J connectivity index is 1.34. The molecule has 3 aromatic rings. The second-order valence-electron chi connectivity index (χ2n) is 8.10. The number of carbonyl (C=O) groups excluding carboxylic acids is 2. The van der Waals surface area contributed by atoms with E-state index in [-0.39, 0.29) is 19.1 Å². The van der Waals surface area contributed by atoms with Gasteiger partial charge in [0.2, 0.25) is 0 Å². The Labute approximate surface area is 184 Å². The number of aromatic nitrogens is 1. The fraction of sp³-hybridized carbons (Fsp3) is 0.292. The second-order valence-corrected chi connectivity index (χ2v) is 8.10. The van der Waals surface area contributed by atoms with Crippen molar-refractivity contribution < 1.29 is 24.3 Å². The fourth-order valence-corrected chi connectivity index (χ4v) is 4.39. The molecule has 8 heteroatoms. The third-order valence-corrected chi connectivity index (χ3v) is 6.12. The van der Waals surface area contributed by atoms with Gasteiger partial charge < -0.3 is 14.8 Å². The van der Waals surface area contributed by atoms with Crippen LogP contribution in [0.15, 0.2) is 48.5 Å².